The highest BCUT2D eigenvalue weighted by Gasteiger charge is 2.07. The molecule has 0 saturated heterocycles. The first-order valence-corrected chi connectivity index (χ1v) is 7.91. The van der Waals surface area contributed by atoms with Crippen molar-refractivity contribution < 1.29 is 14.6 Å². The lowest BCUT2D eigenvalue weighted by Gasteiger charge is -2.12. The zero-order valence-corrected chi connectivity index (χ0v) is 13.4. The van der Waals surface area contributed by atoms with Crippen LogP contribution in [0.3, 0.4) is 0 Å². The molecule has 0 aromatic heterocycles. The highest BCUT2D eigenvalue weighted by Crippen LogP contribution is 2.29. The van der Waals surface area contributed by atoms with Crippen LogP contribution in [-0.4, -0.2) is 29.2 Å². The van der Waals surface area contributed by atoms with Crippen molar-refractivity contribution in [3.05, 3.63) is 33.8 Å². The van der Waals surface area contributed by atoms with Crippen LogP contribution in [0.2, 0.25) is 0 Å². The molecule has 19 heavy (non-hydrogen) atoms. The largest absolute Gasteiger partial charge is 0.492 e. The van der Waals surface area contributed by atoms with Crippen molar-refractivity contribution in [3.63, 3.8) is 0 Å². The molecule has 0 bridgehead atoms. The normalized spacial score (nSPS) is 10.9. The summed E-state index contributed by atoms with van der Waals surface area (Å²) in [7, 11) is 0. The number of halogens is 1. The smallest absolute Gasteiger partial charge is 0.328 e. The van der Waals surface area contributed by atoms with Gasteiger partial charge in [0.1, 0.15) is 5.75 Å². The summed E-state index contributed by atoms with van der Waals surface area (Å²) < 4.78 is 6.68. The van der Waals surface area contributed by atoms with E-state index in [1.54, 1.807) is 6.08 Å². The van der Waals surface area contributed by atoms with Gasteiger partial charge < -0.3 is 9.84 Å². The average molecular weight is 345 g/mol. The molecule has 1 aromatic rings. The standard InChI is InChI=1S/C14H17BrO3S/c1-3-19-7-6-18-14-10(2)8-12(15)9-11(14)4-5-13(16)17/h4-5,8-9H,3,6-7H2,1-2H3,(H,16,17)/b5-4+. The lowest BCUT2D eigenvalue weighted by Crippen LogP contribution is -2.03. The molecular formula is C14H17BrO3S. The van der Waals surface area contributed by atoms with Gasteiger partial charge in [0.05, 0.1) is 6.61 Å². The van der Waals surface area contributed by atoms with E-state index in [9.17, 15) is 4.79 Å². The maximum absolute atomic E-state index is 10.6. The number of benzene rings is 1. The van der Waals surface area contributed by atoms with Crippen LogP contribution in [0.25, 0.3) is 6.08 Å². The Balaban J connectivity index is 2.89. The molecule has 0 aliphatic rings. The van der Waals surface area contributed by atoms with E-state index in [-0.39, 0.29) is 0 Å². The Morgan fingerprint density at radius 2 is 2.26 bits per heavy atom. The van der Waals surface area contributed by atoms with Gasteiger partial charge in [-0.25, -0.2) is 4.79 Å². The molecule has 0 unspecified atom stereocenters. The van der Waals surface area contributed by atoms with Crippen LogP contribution in [0.15, 0.2) is 22.7 Å². The molecule has 0 spiro atoms. The van der Waals surface area contributed by atoms with Crippen molar-refractivity contribution >= 4 is 39.7 Å². The van der Waals surface area contributed by atoms with Gasteiger partial charge in [0, 0.05) is 21.9 Å². The second-order valence-electron chi connectivity index (χ2n) is 3.86. The number of ether oxygens (including phenoxy) is 1. The molecule has 1 N–H and O–H groups in total. The van der Waals surface area contributed by atoms with E-state index in [4.69, 9.17) is 9.84 Å². The zero-order chi connectivity index (χ0) is 14.3. The number of hydrogen-bond donors (Lipinski definition) is 1. The van der Waals surface area contributed by atoms with E-state index in [1.165, 1.54) is 0 Å². The molecule has 0 fully saturated rings. The van der Waals surface area contributed by atoms with Crippen molar-refractivity contribution in [1.82, 2.24) is 0 Å². The Kier molecular flexibility index (Phi) is 7.02. The maximum Gasteiger partial charge on any atom is 0.328 e. The minimum absolute atomic E-state index is 0.620. The van der Waals surface area contributed by atoms with Crippen LogP contribution >= 0.6 is 27.7 Å². The highest BCUT2D eigenvalue weighted by molar-refractivity contribution is 9.10. The van der Waals surface area contributed by atoms with Crippen LogP contribution in [0.4, 0.5) is 0 Å². The van der Waals surface area contributed by atoms with Gasteiger partial charge in [-0.2, -0.15) is 11.8 Å². The third-order valence-electron chi connectivity index (χ3n) is 2.35. The van der Waals surface area contributed by atoms with E-state index in [0.717, 1.165) is 38.9 Å². The summed E-state index contributed by atoms with van der Waals surface area (Å²) in [5, 5.41) is 8.71. The van der Waals surface area contributed by atoms with Gasteiger partial charge in [-0.15, -0.1) is 0 Å². The van der Waals surface area contributed by atoms with Gasteiger partial charge in [0.2, 0.25) is 0 Å². The number of carboxylic acids is 1. The third-order valence-corrected chi connectivity index (χ3v) is 3.67. The van der Waals surface area contributed by atoms with E-state index >= 15 is 0 Å². The Morgan fingerprint density at radius 1 is 1.53 bits per heavy atom. The van der Waals surface area contributed by atoms with Crippen LogP contribution in [-0.2, 0) is 4.79 Å². The molecule has 0 radical (unpaired) electrons. The summed E-state index contributed by atoms with van der Waals surface area (Å²) >= 11 is 5.22. The van der Waals surface area contributed by atoms with Gasteiger partial charge >= 0.3 is 5.97 Å². The van der Waals surface area contributed by atoms with Gasteiger partial charge in [-0.05, 0) is 36.4 Å². The predicted molar refractivity (Wildman–Crippen MR) is 84.0 cm³/mol. The van der Waals surface area contributed by atoms with Crippen molar-refractivity contribution in [2.45, 2.75) is 13.8 Å². The van der Waals surface area contributed by atoms with E-state index < -0.39 is 5.97 Å². The molecule has 0 atom stereocenters. The highest BCUT2D eigenvalue weighted by atomic mass is 79.9. The second kappa shape index (κ2) is 8.27. The SMILES string of the molecule is CCSCCOc1c(C)cc(Br)cc1/C=C/C(=O)O. The molecule has 0 heterocycles. The van der Waals surface area contributed by atoms with Crippen LogP contribution in [0.5, 0.6) is 5.75 Å². The minimum atomic E-state index is -0.967. The first-order chi connectivity index (χ1) is 9.04. The number of hydrogen-bond acceptors (Lipinski definition) is 3. The Hall–Kier alpha value is -0.940. The average Bonchev–Trinajstić information content (AvgIpc) is 2.34. The van der Waals surface area contributed by atoms with Gasteiger partial charge in [0.25, 0.3) is 0 Å². The molecule has 0 saturated carbocycles. The summed E-state index contributed by atoms with van der Waals surface area (Å²) in [6.07, 6.45) is 2.68. The van der Waals surface area contributed by atoms with Crippen LogP contribution in [0.1, 0.15) is 18.1 Å². The summed E-state index contributed by atoms with van der Waals surface area (Å²) in [5.41, 5.74) is 1.76. The topological polar surface area (TPSA) is 46.5 Å². The zero-order valence-electron chi connectivity index (χ0n) is 11.0. The molecule has 0 amide bonds. The van der Waals surface area contributed by atoms with E-state index in [2.05, 4.69) is 22.9 Å². The third kappa shape index (κ3) is 5.70. The molecule has 1 rings (SSSR count). The number of thioether (sulfide) groups is 1. The van der Waals surface area contributed by atoms with Gasteiger partial charge in [-0.1, -0.05) is 22.9 Å². The van der Waals surface area contributed by atoms with E-state index in [1.807, 2.05) is 30.8 Å². The lowest BCUT2D eigenvalue weighted by molar-refractivity contribution is -0.131. The van der Waals surface area contributed by atoms with Crippen molar-refractivity contribution in [2.24, 2.45) is 0 Å². The second-order valence-corrected chi connectivity index (χ2v) is 6.17. The number of carbonyl (C=O) groups is 1. The monoisotopic (exact) mass is 344 g/mol. The number of aryl methyl sites for hydroxylation is 1. The van der Waals surface area contributed by atoms with Crippen LogP contribution in [0, 0.1) is 6.92 Å². The summed E-state index contributed by atoms with van der Waals surface area (Å²) in [6, 6.07) is 3.81. The van der Waals surface area contributed by atoms with Crippen molar-refractivity contribution in [1.29, 1.82) is 0 Å². The van der Waals surface area contributed by atoms with Crippen molar-refractivity contribution in [2.75, 3.05) is 18.1 Å². The summed E-state index contributed by atoms with van der Waals surface area (Å²) in [5.74, 6) is 1.77. The quantitative estimate of drug-likeness (QED) is 0.600. The molecule has 5 heteroatoms. The van der Waals surface area contributed by atoms with Gasteiger partial charge in [-0.3, -0.25) is 0 Å². The Morgan fingerprint density at radius 3 is 2.89 bits per heavy atom. The Labute approximate surface area is 126 Å². The van der Waals surface area contributed by atoms with E-state index in [0.29, 0.717) is 6.61 Å². The number of carboxylic acid groups (broad SMARTS) is 1. The maximum atomic E-state index is 10.6. The predicted octanol–water partition coefficient (Wildman–Crippen LogP) is 3.99. The molecule has 104 valence electrons. The van der Waals surface area contributed by atoms with Gasteiger partial charge in [0.15, 0.2) is 0 Å². The molecule has 0 aliphatic carbocycles. The molecule has 1 aromatic carbocycles. The van der Waals surface area contributed by atoms with Crippen LogP contribution < -0.4 is 4.74 Å². The fraction of sp³-hybridized carbons (Fsp3) is 0.357. The number of aliphatic carboxylic acids is 1. The fourth-order valence-electron chi connectivity index (χ4n) is 1.58. The molecular weight excluding hydrogens is 328 g/mol. The molecule has 3 nitrogen and oxygen atoms in total. The summed E-state index contributed by atoms with van der Waals surface area (Å²) in [6.45, 7) is 4.68. The fourth-order valence-corrected chi connectivity index (χ4v) is 2.66. The first kappa shape index (κ1) is 16.1. The number of rotatable bonds is 7. The first-order valence-electron chi connectivity index (χ1n) is 5.96. The lowest BCUT2D eigenvalue weighted by atomic mass is 10.1. The summed E-state index contributed by atoms with van der Waals surface area (Å²) in [4.78, 5) is 10.6. The Bertz CT molecular complexity index is 472. The molecule has 0 aliphatic heterocycles. The minimum Gasteiger partial charge on any atom is -0.492 e. The van der Waals surface area contributed by atoms with Crippen molar-refractivity contribution in [3.8, 4) is 5.75 Å².